The van der Waals surface area contributed by atoms with Gasteiger partial charge in [-0.25, -0.2) is 17.5 Å². The molecule has 0 amide bonds. The Labute approximate surface area is 107 Å². The minimum Gasteiger partial charge on any atom is -0.318 e. The van der Waals surface area contributed by atoms with Gasteiger partial charge in [-0.1, -0.05) is 12.1 Å². The summed E-state index contributed by atoms with van der Waals surface area (Å²) < 4.78 is 39.3. The van der Waals surface area contributed by atoms with Gasteiger partial charge in [0.15, 0.2) is 0 Å². The lowest BCUT2D eigenvalue weighted by atomic mass is 10.2. The second-order valence-corrected chi connectivity index (χ2v) is 5.09. The van der Waals surface area contributed by atoms with Crippen molar-refractivity contribution in [2.75, 3.05) is 20.1 Å². The molecule has 98 valence electrons. The van der Waals surface area contributed by atoms with Crippen LogP contribution < -0.4 is 10.0 Å². The molecule has 0 aliphatic carbocycles. The summed E-state index contributed by atoms with van der Waals surface area (Å²) in [6.45, 7) is 2.29. The van der Waals surface area contributed by atoms with Gasteiger partial charge in [0, 0.05) is 13.1 Å². The first-order chi connectivity index (χ1) is 7.49. The zero-order chi connectivity index (χ0) is 12.2. The molecule has 0 saturated carbocycles. The van der Waals surface area contributed by atoms with Crippen LogP contribution in [0, 0.1) is 12.7 Å². The van der Waals surface area contributed by atoms with E-state index >= 15 is 0 Å². The molecule has 4 nitrogen and oxygen atoms in total. The van der Waals surface area contributed by atoms with Crippen LogP contribution in [0.3, 0.4) is 0 Å². The fraction of sp³-hybridized carbons (Fsp3) is 0.400. The normalized spacial score (nSPS) is 11.0. The predicted octanol–water partition coefficient (Wildman–Crippen LogP) is 1.05. The summed E-state index contributed by atoms with van der Waals surface area (Å²) in [4.78, 5) is -0.272. The maximum atomic E-state index is 13.4. The van der Waals surface area contributed by atoms with Gasteiger partial charge in [-0.05, 0) is 25.6 Å². The van der Waals surface area contributed by atoms with E-state index < -0.39 is 15.8 Å². The van der Waals surface area contributed by atoms with Gasteiger partial charge in [-0.3, -0.25) is 0 Å². The minimum atomic E-state index is -3.76. The molecule has 0 fully saturated rings. The number of likely N-dealkylation sites (N-methyl/N-ethyl adjacent to an activating group) is 1. The second-order valence-electron chi connectivity index (χ2n) is 3.39. The van der Waals surface area contributed by atoms with E-state index in [0.717, 1.165) is 6.07 Å². The van der Waals surface area contributed by atoms with Gasteiger partial charge in [0.1, 0.15) is 10.7 Å². The quantitative estimate of drug-likeness (QED) is 0.794. The highest BCUT2D eigenvalue weighted by Crippen LogP contribution is 2.18. The summed E-state index contributed by atoms with van der Waals surface area (Å²) in [6, 6.07) is 4.19. The molecule has 1 rings (SSSR count). The van der Waals surface area contributed by atoms with Crippen LogP contribution in [0.15, 0.2) is 23.1 Å². The molecule has 0 atom stereocenters. The van der Waals surface area contributed by atoms with Crippen LogP contribution in [0.1, 0.15) is 5.56 Å². The summed E-state index contributed by atoms with van der Waals surface area (Å²) in [6.07, 6.45) is 0. The van der Waals surface area contributed by atoms with Crippen molar-refractivity contribution in [3.63, 3.8) is 0 Å². The van der Waals surface area contributed by atoms with E-state index in [4.69, 9.17) is 0 Å². The Morgan fingerprint density at radius 2 is 1.94 bits per heavy atom. The van der Waals surface area contributed by atoms with Crippen LogP contribution in [0.2, 0.25) is 0 Å². The number of rotatable bonds is 5. The number of halogens is 2. The summed E-state index contributed by atoms with van der Waals surface area (Å²) in [7, 11) is -2.05. The van der Waals surface area contributed by atoms with Gasteiger partial charge in [0.2, 0.25) is 10.0 Å². The van der Waals surface area contributed by atoms with Crippen molar-refractivity contribution >= 4 is 22.4 Å². The Morgan fingerprint density at radius 1 is 1.29 bits per heavy atom. The number of hydrogen-bond acceptors (Lipinski definition) is 3. The predicted molar refractivity (Wildman–Crippen MR) is 67.5 cm³/mol. The molecule has 0 spiro atoms. The number of benzene rings is 1. The van der Waals surface area contributed by atoms with Crippen LogP contribution in [0.5, 0.6) is 0 Å². The SMILES string of the molecule is CNCCNS(=O)(=O)c1c(C)cccc1F.Cl. The second kappa shape index (κ2) is 6.90. The zero-order valence-electron chi connectivity index (χ0n) is 9.66. The molecule has 0 radical (unpaired) electrons. The Morgan fingerprint density at radius 3 is 2.47 bits per heavy atom. The van der Waals surface area contributed by atoms with Crippen LogP contribution in [-0.2, 0) is 10.0 Å². The third-order valence-corrected chi connectivity index (χ3v) is 3.74. The smallest absolute Gasteiger partial charge is 0.243 e. The maximum absolute atomic E-state index is 13.4. The third-order valence-electron chi connectivity index (χ3n) is 2.10. The first-order valence-corrected chi connectivity index (χ1v) is 6.36. The van der Waals surface area contributed by atoms with Crippen LogP contribution in [-0.4, -0.2) is 28.6 Å². The molecule has 0 aliphatic heterocycles. The van der Waals surface area contributed by atoms with Crippen LogP contribution >= 0.6 is 12.4 Å². The van der Waals surface area contributed by atoms with Gasteiger partial charge in [-0.15, -0.1) is 12.4 Å². The van der Waals surface area contributed by atoms with E-state index in [9.17, 15) is 12.8 Å². The van der Waals surface area contributed by atoms with E-state index in [1.807, 2.05) is 0 Å². The van der Waals surface area contributed by atoms with Gasteiger partial charge < -0.3 is 5.32 Å². The third kappa shape index (κ3) is 4.23. The Balaban J connectivity index is 0.00000256. The molecule has 0 bridgehead atoms. The fourth-order valence-corrected chi connectivity index (χ4v) is 2.67. The van der Waals surface area contributed by atoms with Crippen molar-refractivity contribution in [3.05, 3.63) is 29.6 Å². The molecule has 0 aromatic heterocycles. The molecule has 0 unspecified atom stereocenters. The summed E-state index contributed by atoms with van der Waals surface area (Å²) in [5, 5.41) is 2.80. The molecule has 1 aromatic carbocycles. The van der Waals surface area contributed by atoms with Crippen molar-refractivity contribution in [1.82, 2.24) is 10.0 Å². The topological polar surface area (TPSA) is 58.2 Å². The van der Waals surface area contributed by atoms with E-state index in [0.29, 0.717) is 12.1 Å². The molecule has 7 heteroatoms. The largest absolute Gasteiger partial charge is 0.318 e. The lowest BCUT2D eigenvalue weighted by molar-refractivity contribution is 0.554. The number of sulfonamides is 1. The van der Waals surface area contributed by atoms with Crippen LogP contribution in [0.25, 0.3) is 0 Å². The van der Waals surface area contributed by atoms with Gasteiger partial charge in [0.25, 0.3) is 0 Å². The monoisotopic (exact) mass is 282 g/mol. The van der Waals surface area contributed by atoms with Crippen molar-refractivity contribution < 1.29 is 12.8 Å². The molecular weight excluding hydrogens is 267 g/mol. The zero-order valence-corrected chi connectivity index (χ0v) is 11.3. The van der Waals surface area contributed by atoms with Gasteiger partial charge >= 0.3 is 0 Å². The minimum absolute atomic E-state index is 0. The molecule has 0 aliphatic rings. The Kier molecular flexibility index (Phi) is 6.62. The fourth-order valence-electron chi connectivity index (χ4n) is 1.34. The molecular formula is C10H16ClFN2O2S. The maximum Gasteiger partial charge on any atom is 0.243 e. The van der Waals surface area contributed by atoms with E-state index in [1.165, 1.54) is 6.07 Å². The van der Waals surface area contributed by atoms with Crippen molar-refractivity contribution in [2.24, 2.45) is 0 Å². The Hall–Kier alpha value is -0.690. The van der Waals surface area contributed by atoms with E-state index in [1.54, 1.807) is 20.0 Å². The summed E-state index contributed by atoms with van der Waals surface area (Å²) in [5.41, 5.74) is 0.400. The Bertz CT molecular complexity index is 445. The summed E-state index contributed by atoms with van der Waals surface area (Å²) >= 11 is 0. The lowest BCUT2D eigenvalue weighted by Gasteiger charge is -2.09. The van der Waals surface area contributed by atoms with Crippen LogP contribution in [0.4, 0.5) is 4.39 Å². The molecule has 0 heterocycles. The number of aryl methyl sites for hydroxylation is 1. The first kappa shape index (κ1) is 16.3. The van der Waals surface area contributed by atoms with E-state index in [2.05, 4.69) is 10.0 Å². The number of nitrogens with one attached hydrogen (secondary N) is 2. The van der Waals surface area contributed by atoms with Crippen molar-refractivity contribution in [1.29, 1.82) is 0 Å². The van der Waals surface area contributed by atoms with Gasteiger partial charge in [-0.2, -0.15) is 0 Å². The van der Waals surface area contributed by atoms with E-state index in [-0.39, 0.29) is 23.8 Å². The average Bonchev–Trinajstić information content (AvgIpc) is 2.17. The highest BCUT2D eigenvalue weighted by atomic mass is 35.5. The average molecular weight is 283 g/mol. The van der Waals surface area contributed by atoms with Gasteiger partial charge in [0.05, 0.1) is 0 Å². The molecule has 2 N–H and O–H groups in total. The summed E-state index contributed by atoms with van der Waals surface area (Å²) in [5.74, 6) is -0.725. The first-order valence-electron chi connectivity index (χ1n) is 4.88. The highest BCUT2D eigenvalue weighted by Gasteiger charge is 2.20. The molecule has 1 aromatic rings. The molecule has 17 heavy (non-hydrogen) atoms. The molecule has 0 saturated heterocycles. The lowest BCUT2D eigenvalue weighted by Crippen LogP contribution is -2.31. The highest BCUT2D eigenvalue weighted by molar-refractivity contribution is 7.89. The van der Waals surface area contributed by atoms with Crippen molar-refractivity contribution in [2.45, 2.75) is 11.8 Å². The van der Waals surface area contributed by atoms with Crippen molar-refractivity contribution in [3.8, 4) is 0 Å². The standard InChI is InChI=1S/C10H15FN2O2S.ClH/c1-8-4-3-5-9(11)10(8)16(14,15)13-7-6-12-2;/h3-5,12-13H,6-7H2,1-2H3;1H. The number of hydrogen-bond donors (Lipinski definition) is 2.